The van der Waals surface area contributed by atoms with Gasteiger partial charge in [0.25, 0.3) is 5.91 Å². The van der Waals surface area contributed by atoms with Gasteiger partial charge in [0.2, 0.25) is 0 Å². The summed E-state index contributed by atoms with van der Waals surface area (Å²) in [5.41, 5.74) is 1.53. The van der Waals surface area contributed by atoms with E-state index in [1.54, 1.807) is 17.4 Å². The smallest absolute Gasteiger partial charge is 0.315 e. The van der Waals surface area contributed by atoms with Crippen LogP contribution in [-0.4, -0.2) is 25.1 Å². The number of amides is 3. The second kappa shape index (κ2) is 7.35. The Hall–Kier alpha value is -2.54. The number of nitrogens with one attached hydrogen (secondary N) is 3. The third kappa shape index (κ3) is 4.05. The molecule has 6 nitrogen and oxygen atoms in total. The zero-order chi connectivity index (χ0) is 16.9. The number of benzene rings is 1. The number of carbonyl (C=O) groups is 2. The Labute approximate surface area is 144 Å². The molecule has 1 aliphatic heterocycles. The van der Waals surface area contributed by atoms with Gasteiger partial charge in [0.05, 0.1) is 11.7 Å². The molecule has 126 valence electrons. The normalized spacial score (nSPS) is 14.1. The third-order valence-corrected chi connectivity index (χ3v) is 4.66. The highest BCUT2D eigenvalue weighted by atomic mass is 32.1. The summed E-state index contributed by atoms with van der Waals surface area (Å²) in [5.74, 6) is 0.470. The second-order valence-corrected chi connectivity index (χ2v) is 6.58. The lowest BCUT2D eigenvalue weighted by Crippen LogP contribution is -2.38. The van der Waals surface area contributed by atoms with Crippen molar-refractivity contribution in [1.29, 1.82) is 0 Å². The second-order valence-electron chi connectivity index (χ2n) is 5.54. The van der Waals surface area contributed by atoms with Gasteiger partial charge in [-0.25, -0.2) is 4.79 Å². The van der Waals surface area contributed by atoms with Crippen molar-refractivity contribution in [2.24, 2.45) is 0 Å². The number of hydrogen-bond acceptors (Lipinski definition) is 4. The van der Waals surface area contributed by atoms with Gasteiger partial charge in [0.15, 0.2) is 6.61 Å². The molecule has 0 saturated carbocycles. The van der Waals surface area contributed by atoms with Crippen LogP contribution in [-0.2, 0) is 11.2 Å². The maximum Gasteiger partial charge on any atom is 0.315 e. The van der Waals surface area contributed by atoms with Crippen molar-refractivity contribution in [1.82, 2.24) is 10.6 Å². The molecule has 3 amide bonds. The number of ether oxygens (including phenoxy) is 1. The lowest BCUT2D eigenvalue weighted by atomic mass is 10.1. The minimum Gasteiger partial charge on any atom is -0.482 e. The molecule has 7 heteroatoms. The van der Waals surface area contributed by atoms with Gasteiger partial charge in [-0.15, -0.1) is 11.3 Å². The molecular formula is C17H19N3O3S. The lowest BCUT2D eigenvalue weighted by Gasteiger charge is -2.21. The van der Waals surface area contributed by atoms with Crippen LogP contribution in [0.5, 0.6) is 5.75 Å². The molecule has 1 aromatic carbocycles. The fraction of sp³-hybridized carbons (Fsp3) is 0.294. The van der Waals surface area contributed by atoms with Crippen LogP contribution in [0.1, 0.15) is 23.4 Å². The van der Waals surface area contributed by atoms with Gasteiger partial charge in [0, 0.05) is 11.4 Å². The Kier molecular flexibility index (Phi) is 5.00. The summed E-state index contributed by atoms with van der Waals surface area (Å²) in [6, 6.07) is 9.16. The number of hydrogen-bond donors (Lipinski definition) is 3. The molecule has 2 heterocycles. The van der Waals surface area contributed by atoms with Crippen LogP contribution in [0.25, 0.3) is 0 Å². The van der Waals surface area contributed by atoms with E-state index in [-0.39, 0.29) is 24.6 Å². The first-order valence-corrected chi connectivity index (χ1v) is 8.63. The number of rotatable bonds is 5. The molecular weight excluding hydrogens is 326 g/mol. The predicted octanol–water partition coefficient (Wildman–Crippen LogP) is 2.68. The van der Waals surface area contributed by atoms with Crippen molar-refractivity contribution in [2.75, 3.05) is 18.5 Å². The Morgan fingerprint density at radius 3 is 3.08 bits per heavy atom. The molecule has 0 unspecified atom stereocenters. The SMILES string of the molecule is C[C@@H](NC(=O)NCCc1cccs1)c1ccc2c(c1)NC(=O)CO2. The van der Waals surface area contributed by atoms with E-state index in [1.165, 1.54) is 4.88 Å². The van der Waals surface area contributed by atoms with Gasteiger partial charge in [-0.2, -0.15) is 0 Å². The molecule has 3 N–H and O–H groups in total. The van der Waals surface area contributed by atoms with Crippen molar-refractivity contribution < 1.29 is 14.3 Å². The number of fused-ring (bicyclic) bond motifs is 1. The maximum atomic E-state index is 12.0. The number of carbonyl (C=O) groups excluding carboxylic acids is 2. The molecule has 2 aromatic rings. The van der Waals surface area contributed by atoms with Gasteiger partial charge in [0.1, 0.15) is 5.75 Å². The lowest BCUT2D eigenvalue weighted by molar-refractivity contribution is -0.118. The fourth-order valence-electron chi connectivity index (χ4n) is 2.46. The van der Waals surface area contributed by atoms with Crippen LogP contribution >= 0.6 is 11.3 Å². The molecule has 1 atom stereocenters. The number of thiophene rings is 1. The predicted molar refractivity (Wildman–Crippen MR) is 93.5 cm³/mol. The molecule has 0 aliphatic carbocycles. The summed E-state index contributed by atoms with van der Waals surface area (Å²) < 4.78 is 5.33. The summed E-state index contributed by atoms with van der Waals surface area (Å²) >= 11 is 1.68. The summed E-state index contributed by atoms with van der Waals surface area (Å²) in [7, 11) is 0. The van der Waals surface area contributed by atoms with Crippen molar-refractivity contribution in [2.45, 2.75) is 19.4 Å². The molecule has 0 fully saturated rings. The zero-order valence-electron chi connectivity index (χ0n) is 13.3. The van der Waals surface area contributed by atoms with Crippen molar-refractivity contribution in [3.05, 3.63) is 46.2 Å². The molecule has 0 spiro atoms. The van der Waals surface area contributed by atoms with Gasteiger partial charge in [-0.3, -0.25) is 4.79 Å². The van der Waals surface area contributed by atoms with E-state index >= 15 is 0 Å². The van der Waals surface area contributed by atoms with E-state index in [4.69, 9.17) is 4.74 Å². The molecule has 1 aliphatic rings. The molecule has 0 bridgehead atoms. The van der Waals surface area contributed by atoms with Gasteiger partial charge in [-0.05, 0) is 42.5 Å². The molecule has 0 saturated heterocycles. The molecule has 0 radical (unpaired) electrons. The Morgan fingerprint density at radius 2 is 2.29 bits per heavy atom. The average molecular weight is 345 g/mol. The molecule has 24 heavy (non-hydrogen) atoms. The summed E-state index contributed by atoms with van der Waals surface area (Å²) in [4.78, 5) is 24.6. The maximum absolute atomic E-state index is 12.0. The van der Waals surface area contributed by atoms with E-state index in [2.05, 4.69) is 22.0 Å². The topological polar surface area (TPSA) is 79.5 Å². The van der Waals surface area contributed by atoms with E-state index in [9.17, 15) is 9.59 Å². The van der Waals surface area contributed by atoms with Crippen LogP contribution in [0, 0.1) is 0 Å². The summed E-state index contributed by atoms with van der Waals surface area (Å²) in [5, 5.41) is 10.5. The minimum atomic E-state index is -0.211. The van der Waals surface area contributed by atoms with Gasteiger partial charge in [-0.1, -0.05) is 12.1 Å². The van der Waals surface area contributed by atoms with Crippen LogP contribution in [0.4, 0.5) is 10.5 Å². The first-order valence-electron chi connectivity index (χ1n) is 7.75. The highest BCUT2D eigenvalue weighted by Gasteiger charge is 2.18. The highest BCUT2D eigenvalue weighted by Crippen LogP contribution is 2.30. The average Bonchev–Trinajstić information content (AvgIpc) is 3.07. The highest BCUT2D eigenvalue weighted by molar-refractivity contribution is 7.09. The minimum absolute atomic E-state index is 0.0345. The van der Waals surface area contributed by atoms with E-state index in [0.717, 1.165) is 12.0 Å². The van der Waals surface area contributed by atoms with Crippen LogP contribution in [0.2, 0.25) is 0 Å². The van der Waals surface area contributed by atoms with Gasteiger partial charge < -0.3 is 20.7 Å². The summed E-state index contributed by atoms with van der Waals surface area (Å²) in [6.45, 7) is 2.52. The quantitative estimate of drug-likeness (QED) is 0.779. The molecule has 3 rings (SSSR count). The van der Waals surface area contributed by atoms with Crippen molar-refractivity contribution in [3.63, 3.8) is 0 Å². The van der Waals surface area contributed by atoms with E-state index in [1.807, 2.05) is 30.5 Å². The standard InChI is InChI=1S/C17H19N3O3S/c1-11(19-17(22)18-7-6-13-3-2-8-24-13)12-4-5-15-14(9-12)20-16(21)10-23-15/h2-5,8-9,11H,6-7,10H2,1H3,(H,20,21)(H2,18,19,22)/t11-/m1/s1. The Morgan fingerprint density at radius 1 is 1.42 bits per heavy atom. The summed E-state index contributed by atoms with van der Waals surface area (Å²) in [6.07, 6.45) is 0.821. The number of urea groups is 1. The van der Waals surface area contributed by atoms with E-state index < -0.39 is 0 Å². The third-order valence-electron chi connectivity index (χ3n) is 3.72. The molecule has 1 aromatic heterocycles. The monoisotopic (exact) mass is 345 g/mol. The number of anilines is 1. The zero-order valence-corrected chi connectivity index (χ0v) is 14.1. The van der Waals surface area contributed by atoms with Gasteiger partial charge >= 0.3 is 6.03 Å². The van der Waals surface area contributed by atoms with E-state index in [0.29, 0.717) is 18.0 Å². The van der Waals surface area contributed by atoms with Crippen molar-refractivity contribution >= 4 is 29.0 Å². The van der Waals surface area contributed by atoms with Crippen LogP contribution < -0.4 is 20.7 Å². The first-order chi connectivity index (χ1) is 11.6. The van der Waals surface area contributed by atoms with Crippen molar-refractivity contribution in [3.8, 4) is 5.75 Å². The Bertz CT molecular complexity index is 731. The largest absolute Gasteiger partial charge is 0.482 e. The van der Waals surface area contributed by atoms with Crippen LogP contribution in [0.3, 0.4) is 0 Å². The first kappa shape index (κ1) is 16.3. The fourth-order valence-corrected chi connectivity index (χ4v) is 3.16. The Balaban J connectivity index is 1.52. The van der Waals surface area contributed by atoms with Crippen LogP contribution in [0.15, 0.2) is 35.7 Å².